The van der Waals surface area contributed by atoms with Gasteiger partial charge in [0.15, 0.2) is 0 Å². The predicted octanol–water partition coefficient (Wildman–Crippen LogP) is 3.78. The summed E-state index contributed by atoms with van der Waals surface area (Å²) >= 11 is 0. The van der Waals surface area contributed by atoms with E-state index in [1.807, 2.05) is 55.4 Å². The van der Waals surface area contributed by atoms with Crippen LogP contribution in [-0.2, 0) is 20.9 Å². The SMILES string of the molecule is CNC(=O)O[C@@H](C)[C@@H]1[C@H](CN)ON(Cc2cccc(-c3cc(C(=O)NC)cc(N(C)C)c3)c2OC)[C@@H]1C(=O)N[C@H]1C[C@@H]2C[C@H]([C@@H]1C)C2(C)C. The highest BCUT2D eigenvalue weighted by Gasteiger charge is 2.57. The van der Waals surface area contributed by atoms with Gasteiger partial charge < -0.3 is 36.1 Å². The molecule has 3 saturated carbocycles. The van der Waals surface area contributed by atoms with Crippen LogP contribution in [-0.4, -0.2) is 89.1 Å². The molecule has 1 saturated heterocycles. The first-order valence-corrected chi connectivity index (χ1v) is 17.3. The van der Waals surface area contributed by atoms with Crippen LogP contribution in [0.25, 0.3) is 11.1 Å². The van der Waals surface area contributed by atoms with Crippen molar-refractivity contribution in [3.8, 4) is 16.9 Å². The Morgan fingerprint density at radius 3 is 2.45 bits per heavy atom. The molecule has 2 bridgehead atoms. The number of para-hydroxylation sites is 1. The molecular formula is C37H54N6O6. The second-order valence-corrected chi connectivity index (χ2v) is 14.6. The number of methoxy groups -OCH3 is 1. The molecule has 268 valence electrons. The minimum Gasteiger partial charge on any atom is -0.496 e. The lowest BCUT2D eigenvalue weighted by atomic mass is 9.45. The number of amides is 3. The quantitative estimate of drug-likeness (QED) is 0.279. The van der Waals surface area contributed by atoms with Crippen molar-refractivity contribution < 1.29 is 28.7 Å². The molecule has 1 heterocycles. The molecule has 3 aliphatic carbocycles. The summed E-state index contributed by atoms with van der Waals surface area (Å²) in [6, 6.07) is 10.7. The van der Waals surface area contributed by atoms with E-state index >= 15 is 0 Å². The van der Waals surface area contributed by atoms with Crippen molar-refractivity contribution >= 4 is 23.6 Å². The average molecular weight is 679 g/mol. The fraction of sp³-hybridized carbons (Fsp3) is 0.595. The Labute approximate surface area is 290 Å². The van der Waals surface area contributed by atoms with Crippen LogP contribution in [0.15, 0.2) is 36.4 Å². The fourth-order valence-corrected chi connectivity index (χ4v) is 8.47. The molecule has 0 unspecified atom stereocenters. The first-order chi connectivity index (χ1) is 23.2. The summed E-state index contributed by atoms with van der Waals surface area (Å²) in [6.07, 6.45) is 0.295. The molecule has 12 nitrogen and oxygen atoms in total. The number of carbonyl (C=O) groups excluding carboxylic acids is 3. The summed E-state index contributed by atoms with van der Waals surface area (Å²) in [4.78, 5) is 47.9. The van der Waals surface area contributed by atoms with Gasteiger partial charge in [0.05, 0.1) is 25.7 Å². The monoisotopic (exact) mass is 678 g/mol. The van der Waals surface area contributed by atoms with Crippen molar-refractivity contribution in [2.24, 2.45) is 34.8 Å². The highest BCUT2D eigenvalue weighted by atomic mass is 16.7. The first-order valence-electron chi connectivity index (χ1n) is 17.3. The fourth-order valence-electron chi connectivity index (χ4n) is 8.47. The van der Waals surface area contributed by atoms with E-state index in [2.05, 4.69) is 36.7 Å². The molecular weight excluding hydrogens is 624 g/mol. The van der Waals surface area contributed by atoms with E-state index in [9.17, 15) is 14.4 Å². The molecule has 49 heavy (non-hydrogen) atoms. The van der Waals surface area contributed by atoms with Crippen molar-refractivity contribution in [3.63, 3.8) is 0 Å². The van der Waals surface area contributed by atoms with Crippen LogP contribution in [0.4, 0.5) is 10.5 Å². The van der Waals surface area contributed by atoms with Crippen LogP contribution in [0.1, 0.15) is 56.5 Å². The molecule has 3 amide bonds. The third-order valence-corrected chi connectivity index (χ3v) is 11.5. The van der Waals surface area contributed by atoms with Crippen molar-refractivity contribution in [2.75, 3.05) is 46.7 Å². The van der Waals surface area contributed by atoms with Gasteiger partial charge in [-0.3, -0.25) is 14.4 Å². The van der Waals surface area contributed by atoms with Gasteiger partial charge in [-0.15, -0.1) is 0 Å². The maximum atomic E-state index is 14.4. The van der Waals surface area contributed by atoms with E-state index in [1.165, 1.54) is 13.5 Å². The number of nitrogens with zero attached hydrogens (tertiary/aromatic N) is 2. The highest BCUT2D eigenvalue weighted by molar-refractivity contribution is 5.97. The van der Waals surface area contributed by atoms with E-state index in [4.69, 9.17) is 20.0 Å². The van der Waals surface area contributed by atoms with Gasteiger partial charge in [0.2, 0.25) is 5.91 Å². The molecule has 2 aromatic carbocycles. The average Bonchev–Trinajstić information content (AvgIpc) is 3.46. The molecule has 6 rings (SSSR count). The number of carbonyl (C=O) groups is 3. The number of anilines is 1. The summed E-state index contributed by atoms with van der Waals surface area (Å²) in [7, 11) is 8.56. The van der Waals surface area contributed by atoms with Gasteiger partial charge in [0.1, 0.15) is 17.9 Å². The summed E-state index contributed by atoms with van der Waals surface area (Å²) in [5, 5.41) is 10.3. The van der Waals surface area contributed by atoms with E-state index in [1.54, 1.807) is 26.1 Å². The van der Waals surface area contributed by atoms with E-state index in [0.717, 1.165) is 28.8 Å². The largest absolute Gasteiger partial charge is 0.496 e. The third kappa shape index (κ3) is 6.95. The van der Waals surface area contributed by atoms with Crippen LogP contribution < -0.4 is 31.3 Å². The summed E-state index contributed by atoms with van der Waals surface area (Å²) in [6.45, 7) is 9.02. The maximum absolute atomic E-state index is 14.4. The number of nitrogens with one attached hydrogen (secondary N) is 3. The second-order valence-electron chi connectivity index (χ2n) is 14.6. The highest BCUT2D eigenvalue weighted by Crippen LogP contribution is 2.61. The summed E-state index contributed by atoms with van der Waals surface area (Å²) in [5.41, 5.74) is 10.3. The molecule has 5 N–H and O–H groups in total. The molecule has 12 heteroatoms. The topological polar surface area (TPSA) is 147 Å². The number of nitrogens with two attached hydrogens (primary N) is 1. The number of alkyl carbamates (subject to hydrolysis) is 1. The van der Waals surface area contributed by atoms with Gasteiger partial charge in [0.25, 0.3) is 5.91 Å². The molecule has 0 radical (unpaired) electrons. The van der Waals surface area contributed by atoms with E-state index in [-0.39, 0.29) is 36.4 Å². The molecule has 0 aromatic heterocycles. The van der Waals surface area contributed by atoms with Gasteiger partial charge >= 0.3 is 6.09 Å². The Morgan fingerprint density at radius 2 is 1.86 bits per heavy atom. The summed E-state index contributed by atoms with van der Waals surface area (Å²) in [5.74, 6) is 1.14. The number of hydrogen-bond donors (Lipinski definition) is 4. The number of rotatable bonds is 11. The van der Waals surface area contributed by atoms with Crippen molar-refractivity contribution in [1.82, 2.24) is 21.0 Å². The molecule has 1 aliphatic heterocycles. The summed E-state index contributed by atoms with van der Waals surface area (Å²) < 4.78 is 11.7. The molecule has 8 atom stereocenters. The van der Waals surface area contributed by atoms with Crippen LogP contribution in [0.2, 0.25) is 0 Å². The molecule has 2 aromatic rings. The van der Waals surface area contributed by atoms with Crippen LogP contribution in [0.5, 0.6) is 5.75 Å². The Balaban J connectivity index is 1.50. The van der Waals surface area contributed by atoms with E-state index in [0.29, 0.717) is 29.1 Å². The van der Waals surface area contributed by atoms with Crippen LogP contribution in [0.3, 0.4) is 0 Å². The molecule has 0 spiro atoms. The van der Waals surface area contributed by atoms with Gasteiger partial charge in [-0.05, 0) is 66.7 Å². The van der Waals surface area contributed by atoms with Gasteiger partial charge in [-0.2, -0.15) is 5.06 Å². The van der Waals surface area contributed by atoms with Crippen LogP contribution in [0, 0.1) is 29.1 Å². The second kappa shape index (κ2) is 14.5. The smallest absolute Gasteiger partial charge is 0.407 e. The standard InChI is InChI=1S/C37H54N6O6/c1-20-28-16-25(37(28,3)4)17-29(20)41-35(45)32-31(21(2)48-36(46)40-6)30(18-38)49-43(32)19-22-11-10-12-27(33(22)47-9)23-13-24(34(44)39-5)15-26(14-23)42(7)8/h10-15,20-21,25,28-32H,16-19,38H2,1-9H3,(H,39,44)(H,40,46)(H,41,45)/t20-,21-,25-,28+,29-,30-,31+,32-/m0/s1. The normalized spacial score (nSPS) is 27.8. The minimum atomic E-state index is -0.794. The zero-order valence-electron chi connectivity index (χ0n) is 30.3. The number of hydroxylamine groups is 2. The molecule has 4 aliphatic rings. The number of fused-ring (bicyclic) bond motifs is 2. The lowest BCUT2D eigenvalue weighted by Gasteiger charge is -2.62. The maximum Gasteiger partial charge on any atom is 0.407 e. The first kappa shape index (κ1) is 36.4. The van der Waals surface area contributed by atoms with Crippen molar-refractivity contribution in [2.45, 2.75) is 71.4 Å². The van der Waals surface area contributed by atoms with Crippen molar-refractivity contribution in [1.29, 1.82) is 0 Å². The van der Waals surface area contributed by atoms with Crippen LogP contribution >= 0.6 is 0 Å². The number of ether oxygens (including phenoxy) is 2. The third-order valence-electron chi connectivity index (χ3n) is 11.5. The minimum absolute atomic E-state index is 0.0372. The van der Waals surface area contributed by atoms with Gasteiger partial charge in [-0.25, -0.2) is 4.79 Å². The Bertz CT molecular complexity index is 1550. The number of benzene rings is 2. The van der Waals surface area contributed by atoms with E-state index < -0.39 is 30.3 Å². The predicted molar refractivity (Wildman–Crippen MR) is 189 cm³/mol. The Kier molecular flexibility index (Phi) is 10.8. The van der Waals surface area contributed by atoms with Crippen molar-refractivity contribution in [3.05, 3.63) is 47.5 Å². The van der Waals surface area contributed by atoms with Gasteiger partial charge in [0, 0.05) is 63.2 Å². The lowest BCUT2D eigenvalue weighted by molar-refractivity contribution is -0.175. The number of hydrogen-bond acceptors (Lipinski definition) is 9. The molecule has 4 fully saturated rings. The zero-order valence-corrected chi connectivity index (χ0v) is 30.3. The Hall–Kier alpha value is -3.87. The zero-order chi connectivity index (χ0) is 35.8. The lowest BCUT2D eigenvalue weighted by Crippen LogP contribution is -2.62. The van der Waals surface area contributed by atoms with Gasteiger partial charge in [-0.1, -0.05) is 39.0 Å². The Morgan fingerprint density at radius 1 is 1.12 bits per heavy atom.